The Labute approximate surface area is 650 Å². The molecule has 10 unspecified atom stereocenters. The number of fused-ring (bicyclic) bond motifs is 1. The van der Waals surface area contributed by atoms with E-state index >= 15 is 0 Å². The van der Waals surface area contributed by atoms with Gasteiger partial charge in [-0.25, -0.2) is 0 Å². The van der Waals surface area contributed by atoms with Gasteiger partial charge in [0, 0.05) is 19.8 Å². The van der Waals surface area contributed by atoms with Gasteiger partial charge in [-0.1, -0.05) is 219 Å². The van der Waals surface area contributed by atoms with E-state index in [2.05, 4.69) is 5.32 Å². The van der Waals surface area contributed by atoms with Crippen LogP contribution in [0, 0.1) is 5.92 Å². The lowest BCUT2D eigenvalue weighted by atomic mass is 9.91. The van der Waals surface area contributed by atoms with Crippen molar-refractivity contribution in [2.75, 3.05) is 13.2 Å². The molecule has 6 aliphatic rings. The minimum Gasteiger partial charge on any atom is -0.454 e. The molecule has 0 aliphatic carbocycles. The summed E-state index contributed by atoms with van der Waals surface area (Å²) in [6.45, 7) is 16.9. The number of rotatable bonds is 32. The second-order valence-corrected chi connectivity index (χ2v) is 30.0. The number of carbonyl (C=O) groups is 2. The second kappa shape index (κ2) is 39.2. The Morgan fingerprint density at radius 3 is 1.22 bits per heavy atom. The molecule has 1 amide bonds. The summed E-state index contributed by atoms with van der Waals surface area (Å²) in [5.74, 6) is -2.73. The first kappa shape index (κ1) is 81.7. The maximum atomic E-state index is 14.0. The number of hydrogen-bond donors (Lipinski definition) is 2. The van der Waals surface area contributed by atoms with Crippen molar-refractivity contribution in [3.8, 4) is 0 Å². The third kappa shape index (κ3) is 21.6. The van der Waals surface area contributed by atoms with Gasteiger partial charge in [-0.2, -0.15) is 0 Å². The van der Waals surface area contributed by atoms with Crippen LogP contribution in [-0.2, 0) is 146 Å². The van der Waals surface area contributed by atoms with E-state index in [1.54, 1.807) is 13.8 Å². The van der Waals surface area contributed by atoms with Gasteiger partial charge in [0.1, 0.15) is 79.4 Å². The summed E-state index contributed by atoms with van der Waals surface area (Å²) in [5.41, 5.74) is 6.27. The maximum Gasteiger partial charge on any atom is 0.303 e. The fourth-order valence-electron chi connectivity index (χ4n) is 15.4. The lowest BCUT2D eigenvalue weighted by molar-refractivity contribution is -0.405. The first-order valence-electron chi connectivity index (χ1n) is 38.8. The highest BCUT2D eigenvalue weighted by Crippen LogP contribution is 2.43. The average Bonchev–Trinajstić information content (AvgIpc) is 0.767. The van der Waals surface area contributed by atoms with Gasteiger partial charge in [0.25, 0.3) is 0 Å². The van der Waals surface area contributed by atoms with E-state index in [9.17, 15) is 14.7 Å². The Bertz CT molecular complexity index is 3920. The largest absolute Gasteiger partial charge is 0.454 e. The Morgan fingerprint density at radius 1 is 0.396 bits per heavy atom. The molecular weight excluding hydrogens is 1420 g/mol. The fraction of sp³-hybridized carbons (Fsp3) is 0.500. The molecule has 13 rings (SSSR count). The molecule has 0 spiro atoms. The molecule has 6 heterocycles. The summed E-state index contributed by atoms with van der Waals surface area (Å²) in [5, 5.41) is 16.8. The van der Waals surface area contributed by atoms with Crippen LogP contribution >= 0.6 is 0 Å². The number of ether oxygens (including phenoxy) is 19. The van der Waals surface area contributed by atoms with Crippen LogP contribution in [0.5, 0.6) is 0 Å². The van der Waals surface area contributed by atoms with Crippen molar-refractivity contribution in [1.29, 1.82) is 0 Å². The third-order valence-electron chi connectivity index (χ3n) is 21.0. The molecule has 596 valence electrons. The normalized spacial score (nSPS) is 33.4. The molecular formula is C88H107NO22. The maximum absolute atomic E-state index is 14.0. The summed E-state index contributed by atoms with van der Waals surface area (Å²) >= 11 is 0. The van der Waals surface area contributed by atoms with E-state index in [0.717, 1.165) is 38.9 Å². The zero-order valence-corrected chi connectivity index (χ0v) is 64.5. The number of carbonyl (C=O) groups excluding carboxylic acids is 2. The Kier molecular flexibility index (Phi) is 28.8. The first-order valence-corrected chi connectivity index (χ1v) is 38.8. The molecule has 6 aliphatic heterocycles. The van der Waals surface area contributed by atoms with Crippen LogP contribution < -0.4 is 5.32 Å². The number of amides is 1. The quantitative estimate of drug-likeness (QED) is 0.0372. The van der Waals surface area contributed by atoms with Crippen LogP contribution in [0.3, 0.4) is 0 Å². The van der Waals surface area contributed by atoms with Crippen LogP contribution in [0.4, 0.5) is 0 Å². The lowest BCUT2D eigenvalue weighted by Crippen LogP contribution is -2.70. The summed E-state index contributed by atoms with van der Waals surface area (Å²) in [4.78, 5) is 27.2. The standard InChI is InChI=1S/C88H107NO22/c1-54-72(94-46-62-33-19-11-20-34-62)76(98-50-66-41-27-15-28-42-66)68(52-93-45-61-31-17-10-18-32-61)106-84(54)108-79-71(92)85(102-56(3)73(79)95-47-63-35-21-12-22-36-63)110-82-80(99-51-67-43-29-16-30-44-67)74(96-48-64-37-23-13-24-38-64)57(4)103-86(82)109-81-75(97-49-65-39-25-14-26-40-65)58(5)104-87(83(81)105-60(7)91)107-78-70(89-59(6)90)55(2)101-69-53-100-88(8,9)111-77(69)78/h10-44,54-58,68-87,92H,45-53H2,1-9H3,(H,89,90)/t54?,55-,56?,57?,58?,68-,69?,70?,71?,72?,73+,74+,75+,76-,77+,78+,79+,80-,81-,82?,83?,84+,85-,86-,87-/m0/s1. The van der Waals surface area contributed by atoms with Crippen LogP contribution in [0.2, 0.25) is 0 Å². The van der Waals surface area contributed by atoms with Gasteiger partial charge in [-0.15, -0.1) is 0 Å². The Morgan fingerprint density at radius 2 is 0.766 bits per heavy atom. The summed E-state index contributed by atoms with van der Waals surface area (Å²) in [6.07, 6.45) is -24.7. The van der Waals surface area contributed by atoms with Crippen molar-refractivity contribution in [3.63, 3.8) is 0 Å². The number of hydrogen-bond acceptors (Lipinski definition) is 22. The van der Waals surface area contributed by atoms with Gasteiger partial charge in [0.05, 0.1) is 96.0 Å². The highest BCUT2D eigenvalue weighted by molar-refractivity contribution is 5.73. The smallest absolute Gasteiger partial charge is 0.303 e. The minimum atomic E-state index is -1.68. The van der Waals surface area contributed by atoms with Crippen LogP contribution in [0.15, 0.2) is 212 Å². The van der Waals surface area contributed by atoms with E-state index < -0.39 is 165 Å². The highest BCUT2D eigenvalue weighted by atomic mass is 16.8. The highest BCUT2D eigenvalue weighted by Gasteiger charge is 2.60. The van der Waals surface area contributed by atoms with Crippen molar-refractivity contribution in [2.45, 2.75) is 262 Å². The molecule has 6 saturated heterocycles. The topological polar surface area (TPSA) is 242 Å². The molecule has 0 aromatic heterocycles. The van der Waals surface area contributed by atoms with Crippen molar-refractivity contribution >= 4 is 11.9 Å². The molecule has 23 nitrogen and oxygen atoms in total. The summed E-state index contributed by atoms with van der Waals surface area (Å²) < 4.78 is 133. The molecule has 111 heavy (non-hydrogen) atoms. The zero-order chi connectivity index (χ0) is 77.4. The third-order valence-corrected chi connectivity index (χ3v) is 21.0. The molecule has 25 atom stereocenters. The van der Waals surface area contributed by atoms with Crippen molar-refractivity contribution in [1.82, 2.24) is 5.32 Å². The van der Waals surface area contributed by atoms with Crippen LogP contribution in [0.25, 0.3) is 0 Å². The van der Waals surface area contributed by atoms with Crippen LogP contribution in [-0.4, -0.2) is 183 Å². The van der Waals surface area contributed by atoms with Crippen molar-refractivity contribution < 1.29 is 105 Å². The van der Waals surface area contributed by atoms with Gasteiger partial charge in [-0.3, -0.25) is 9.59 Å². The van der Waals surface area contributed by atoms with Gasteiger partial charge in [0.15, 0.2) is 37.1 Å². The van der Waals surface area contributed by atoms with Gasteiger partial charge in [0.2, 0.25) is 5.91 Å². The first-order chi connectivity index (χ1) is 53.9. The summed E-state index contributed by atoms with van der Waals surface area (Å²) in [7, 11) is 0. The predicted octanol–water partition coefficient (Wildman–Crippen LogP) is 11.6. The summed E-state index contributed by atoms with van der Waals surface area (Å²) in [6, 6.07) is 67.7. The van der Waals surface area contributed by atoms with Gasteiger partial charge < -0.3 is 100 Å². The Balaban J connectivity index is 0.889. The van der Waals surface area contributed by atoms with Gasteiger partial charge in [-0.05, 0) is 80.5 Å². The van der Waals surface area contributed by atoms with E-state index in [0.29, 0.717) is 0 Å². The zero-order valence-electron chi connectivity index (χ0n) is 64.5. The minimum absolute atomic E-state index is 0.0481. The molecule has 0 bridgehead atoms. The van der Waals surface area contributed by atoms with E-state index in [1.165, 1.54) is 13.8 Å². The lowest BCUT2D eigenvalue weighted by Gasteiger charge is -2.53. The molecule has 2 N–H and O–H groups in total. The number of benzene rings is 7. The van der Waals surface area contributed by atoms with Crippen molar-refractivity contribution in [2.24, 2.45) is 5.92 Å². The van der Waals surface area contributed by atoms with Crippen molar-refractivity contribution in [3.05, 3.63) is 251 Å². The monoisotopic (exact) mass is 1530 g/mol. The molecule has 23 heteroatoms. The molecule has 0 saturated carbocycles. The predicted molar refractivity (Wildman–Crippen MR) is 405 cm³/mol. The van der Waals surface area contributed by atoms with Crippen LogP contribution in [0.1, 0.15) is 101 Å². The van der Waals surface area contributed by atoms with E-state index in [1.807, 2.05) is 247 Å². The SMILES string of the molecule is CC(=O)NC1[C@H](C)OC2COC(C)(C)O[C@H]2[C@@H]1O[C@@H]1OC(C)[C@@H](OCc2ccccc2)[C@H](O[C@@H]2OC(C)[C@@H](OCc3ccccc3)[C@H](OCc3ccccc3)C2O[C@@H]2OC(C)[C@@H](OCc3ccccc3)[C@H](O[C@H]3O[C@@H](COCc4ccccc4)[C@H](OCc4ccccc4)C(OCc4ccccc4)C3C)C2O)C1OC(C)=O. The van der Waals surface area contributed by atoms with E-state index in [4.69, 9.17) is 90.0 Å². The number of aliphatic hydroxyl groups is 1. The molecule has 7 aromatic rings. The molecule has 7 aromatic carbocycles. The average molecular weight is 1530 g/mol. The second-order valence-electron chi connectivity index (χ2n) is 30.0. The van der Waals surface area contributed by atoms with E-state index in [-0.39, 0.29) is 65.4 Å². The fourth-order valence-corrected chi connectivity index (χ4v) is 15.4. The number of nitrogens with one attached hydrogen (secondary N) is 1. The number of esters is 1. The number of aliphatic hydroxyl groups excluding tert-OH is 1. The molecule has 0 radical (unpaired) electrons. The Hall–Kier alpha value is -7.28. The molecule has 6 fully saturated rings. The van der Waals surface area contributed by atoms with Gasteiger partial charge >= 0.3 is 5.97 Å².